The molecule has 1 fully saturated rings. The van der Waals surface area contributed by atoms with Gasteiger partial charge in [-0.1, -0.05) is 26.7 Å². The van der Waals surface area contributed by atoms with Crippen LogP contribution in [-0.2, 0) is 4.74 Å². The number of hydrogen-bond donors (Lipinski definition) is 1. The summed E-state index contributed by atoms with van der Waals surface area (Å²) in [5.74, 6) is 0. The smallest absolute Gasteiger partial charge is 0.0820 e. The quantitative estimate of drug-likeness (QED) is 0.754. The van der Waals surface area contributed by atoms with Gasteiger partial charge < -0.3 is 15.4 Å². The first-order valence-electron chi connectivity index (χ1n) is 6.65. The van der Waals surface area contributed by atoms with Crippen molar-refractivity contribution in [3.05, 3.63) is 0 Å². The van der Waals surface area contributed by atoms with E-state index in [1.165, 1.54) is 38.8 Å². The minimum absolute atomic E-state index is 0.204. The molecule has 0 saturated carbocycles. The average Bonchev–Trinajstić information content (AvgIpc) is 2.37. The molecule has 0 aromatic rings. The molecular formula is C13H28N2O. The van der Waals surface area contributed by atoms with E-state index >= 15 is 0 Å². The monoisotopic (exact) mass is 228 g/mol. The molecule has 3 heteroatoms. The number of piperidine rings is 1. The zero-order valence-corrected chi connectivity index (χ0v) is 11.2. The van der Waals surface area contributed by atoms with E-state index in [9.17, 15) is 0 Å². The fourth-order valence-electron chi connectivity index (χ4n) is 2.70. The summed E-state index contributed by atoms with van der Waals surface area (Å²) in [6.07, 6.45) is 5.52. The average molecular weight is 228 g/mol. The van der Waals surface area contributed by atoms with E-state index in [4.69, 9.17) is 10.5 Å². The van der Waals surface area contributed by atoms with Gasteiger partial charge in [0.15, 0.2) is 0 Å². The maximum absolute atomic E-state index is 5.65. The van der Waals surface area contributed by atoms with Crippen molar-refractivity contribution in [2.24, 2.45) is 11.1 Å². The summed E-state index contributed by atoms with van der Waals surface area (Å²) in [7, 11) is 1.75. The second-order valence-corrected chi connectivity index (χ2v) is 5.10. The van der Waals surface area contributed by atoms with Gasteiger partial charge in [0.2, 0.25) is 0 Å². The third kappa shape index (κ3) is 3.44. The third-order valence-corrected chi connectivity index (χ3v) is 4.47. The fourth-order valence-corrected chi connectivity index (χ4v) is 2.70. The van der Waals surface area contributed by atoms with E-state index < -0.39 is 0 Å². The predicted molar refractivity (Wildman–Crippen MR) is 68.5 cm³/mol. The highest BCUT2D eigenvalue weighted by atomic mass is 16.5. The highest BCUT2D eigenvalue weighted by molar-refractivity contribution is 4.84. The van der Waals surface area contributed by atoms with Crippen LogP contribution in [0.25, 0.3) is 0 Å². The Balaban J connectivity index is 2.36. The largest absolute Gasteiger partial charge is 0.379 e. The molecule has 0 amide bonds. The van der Waals surface area contributed by atoms with Crippen LogP contribution in [0.15, 0.2) is 0 Å². The summed E-state index contributed by atoms with van der Waals surface area (Å²) in [5, 5.41) is 0. The Morgan fingerprint density at radius 2 is 1.81 bits per heavy atom. The first-order valence-corrected chi connectivity index (χ1v) is 6.65. The van der Waals surface area contributed by atoms with E-state index in [1.54, 1.807) is 7.11 Å². The van der Waals surface area contributed by atoms with Gasteiger partial charge in [-0.25, -0.2) is 0 Å². The van der Waals surface area contributed by atoms with Crippen molar-refractivity contribution >= 4 is 0 Å². The normalized spacial score (nSPS) is 23.2. The van der Waals surface area contributed by atoms with Crippen molar-refractivity contribution in [3.8, 4) is 0 Å². The molecule has 0 aliphatic carbocycles. The molecule has 1 heterocycles. The zero-order valence-electron chi connectivity index (χ0n) is 11.2. The summed E-state index contributed by atoms with van der Waals surface area (Å²) < 4.78 is 5.34. The molecule has 96 valence electrons. The lowest BCUT2D eigenvalue weighted by atomic mass is 9.74. The number of hydrogen-bond acceptors (Lipinski definition) is 3. The maximum Gasteiger partial charge on any atom is 0.0820 e. The first-order chi connectivity index (χ1) is 7.69. The van der Waals surface area contributed by atoms with Crippen LogP contribution in [0.4, 0.5) is 0 Å². The van der Waals surface area contributed by atoms with Gasteiger partial charge in [-0.15, -0.1) is 0 Å². The van der Waals surface area contributed by atoms with Crippen molar-refractivity contribution < 1.29 is 4.74 Å². The molecule has 0 aromatic heterocycles. The van der Waals surface area contributed by atoms with Crippen LogP contribution < -0.4 is 5.73 Å². The molecule has 1 rings (SSSR count). The van der Waals surface area contributed by atoms with E-state index in [0.717, 1.165) is 6.54 Å². The van der Waals surface area contributed by atoms with Gasteiger partial charge in [0.1, 0.15) is 0 Å². The molecule has 1 aliphatic heterocycles. The maximum atomic E-state index is 5.65. The second kappa shape index (κ2) is 6.58. The molecule has 1 unspecified atom stereocenters. The van der Waals surface area contributed by atoms with Gasteiger partial charge in [0.05, 0.1) is 6.10 Å². The van der Waals surface area contributed by atoms with Gasteiger partial charge in [-0.3, -0.25) is 0 Å². The molecule has 1 saturated heterocycles. The molecule has 2 N–H and O–H groups in total. The van der Waals surface area contributed by atoms with Crippen molar-refractivity contribution in [2.75, 3.05) is 33.3 Å². The molecule has 1 atom stereocenters. The lowest BCUT2D eigenvalue weighted by molar-refractivity contribution is 0.0348. The molecule has 3 nitrogen and oxygen atoms in total. The number of likely N-dealkylation sites (tertiary alicyclic amines) is 1. The van der Waals surface area contributed by atoms with Gasteiger partial charge in [-0.2, -0.15) is 0 Å². The highest BCUT2D eigenvalue weighted by Crippen LogP contribution is 2.37. The van der Waals surface area contributed by atoms with Crippen LogP contribution in [0.1, 0.15) is 39.5 Å². The van der Waals surface area contributed by atoms with Crippen molar-refractivity contribution in [1.29, 1.82) is 0 Å². The Morgan fingerprint density at radius 1 is 1.25 bits per heavy atom. The van der Waals surface area contributed by atoms with Crippen LogP contribution in [0.5, 0.6) is 0 Å². The van der Waals surface area contributed by atoms with E-state index in [2.05, 4.69) is 18.7 Å². The summed E-state index contributed by atoms with van der Waals surface area (Å²) >= 11 is 0. The van der Waals surface area contributed by atoms with E-state index in [0.29, 0.717) is 12.0 Å². The topological polar surface area (TPSA) is 38.5 Å². The van der Waals surface area contributed by atoms with Gasteiger partial charge in [0, 0.05) is 20.2 Å². The molecule has 0 aromatic carbocycles. The second-order valence-electron chi connectivity index (χ2n) is 5.10. The number of rotatable bonds is 6. The van der Waals surface area contributed by atoms with Gasteiger partial charge in [-0.05, 0) is 31.3 Å². The summed E-state index contributed by atoms with van der Waals surface area (Å²) in [4.78, 5) is 2.50. The number of methoxy groups -OCH3 is 1. The van der Waals surface area contributed by atoms with Gasteiger partial charge >= 0.3 is 0 Å². The number of ether oxygens (including phenoxy) is 1. The Morgan fingerprint density at radius 3 is 2.19 bits per heavy atom. The number of nitrogens with zero attached hydrogens (tertiary/aromatic N) is 1. The summed E-state index contributed by atoms with van der Waals surface area (Å²) in [5.41, 5.74) is 6.27. The Labute approximate surface area is 100 Å². The highest BCUT2D eigenvalue weighted by Gasteiger charge is 2.31. The van der Waals surface area contributed by atoms with E-state index in [-0.39, 0.29) is 6.10 Å². The van der Waals surface area contributed by atoms with Crippen LogP contribution in [0.2, 0.25) is 0 Å². The fraction of sp³-hybridized carbons (Fsp3) is 1.00. The van der Waals surface area contributed by atoms with Crippen LogP contribution >= 0.6 is 0 Å². The summed E-state index contributed by atoms with van der Waals surface area (Å²) in [6, 6.07) is 0. The van der Waals surface area contributed by atoms with Crippen molar-refractivity contribution in [1.82, 2.24) is 4.90 Å². The molecule has 16 heavy (non-hydrogen) atoms. The standard InChI is InChI=1S/C13H28N2O/c1-4-13(5-2)6-8-15(9-7-13)11-12(10-14)16-3/h12H,4-11,14H2,1-3H3. The van der Waals surface area contributed by atoms with Crippen molar-refractivity contribution in [3.63, 3.8) is 0 Å². The van der Waals surface area contributed by atoms with Crippen LogP contribution in [0.3, 0.4) is 0 Å². The Bertz CT molecular complexity index is 178. The SMILES string of the molecule is CCC1(CC)CCN(CC(CN)OC)CC1. The minimum Gasteiger partial charge on any atom is -0.379 e. The van der Waals surface area contributed by atoms with Crippen molar-refractivity contribution in [2.45, 2.75) is 45.6 Å². The third-order valence-electron chi connectivity index (χ3n) is 4.47. The molecule has 0 bridgehead atoms. The predicted octanol–water partition coefficient (Wildman–Crippen LogP) is 1.86. The Kier molecular flexibility index (Phi) is 5.73. The molecule has 0 radical (unpaired) electrons. The van der Waals surface area contributed by atoms with Crippen LogP contribution in [-0.4, -0.2) is 44.3 Å². The molecule has 1 aliphatic rings. The first kappa shape index (κ1) is 13.9. The van der Waals surface area contributed by atoms with E-state index in [1.807, 2.05) is 0 Å². The van der Waals surface area contributed by atoms with Gasteiger partial charge in [0.25, 0.3) is 0 Å². The summed E-state index contributed by atoms with van der Waals surface area (Å²) in [6.45, 7) is 8.70. The minimum atomic E-state index is 0.204. The molecule has 0 spiro atoms. The zero-order chi connectivity index (χ0) is 12.0. The number of nitrogens with two attached hydrogens (primary N) is 1. The Hall–Kier alpha value is -0.120. The molecular weight excluding hydrogens is 200 g/mol. The lowest BCUT2D eigenvalue weighted by Crippen LogP contribution is -2.44. The lowest BCUT2D eigenvalue weighted by Gasteiger charge is -2.41. The van der Waals surface area contributed by atoms with Crippen LogP contribution in [0, 0.1) is 5.41 Å².